The molecule has 4 rings (SSSR count). The van der Waals surface area contributed by atoms with Crippen LogP contribution in [0.25, 0.3) is 0 Å². The van der Waals surface area contributed by atoms with Gasteiger partial charge in [0.05, 0.1) is 5.69 Å². The normalized spacial score (nSPS) is 18.7. The molecule has 2 aliphatic rings. The molecular weight excluding hydrogens is 374 g/mol. The fraction of sp³-hybridized carbons (Fsp3) is 0.400. The molecule has 2 N–H and O–H groups in total. The summed E-state index contributed by atoms with van der Waals surface area (Å²) in [4.78, 5) is 32.1. The Morgan fingerprint density at radius 2 is 2.25 bits per heavy atom. The number of aromatic nitrogens is 3. The maximum atomic E-state index is 12.9. The third-order valence-electron chi connectivity index (χ3n) is 4.73. The van der Waals surface area contributed by atoms with E-state index in [-0.39, 0.29) is 11.7 Å². The van der Waals surface area contributed by atoms with Crippen LogP contribution in [0.3, 0.4) is 0 Å². The molecule has 1 aromatic heterocycles. The number of carbonyl (C=O) groups is 2. The number of aromatic amines is 1. The first-order chi connectivity index (χ1) is 13.5. The number of carbonyl (C=O) groups excluding carboxylic acids is 2. The maximum Gasteiger partial charge on any atom is 0.291 e. The highest BCUT2D eigenvalue weighted by molar-refractivity contribution is 7.99. The first-order valence-electron chi connectivity index (χ1n) is 9.33. The lowest BCUT2D eigenvalue weighted by Crippen LogP contribution is -2.48. The molecule has 1 fully saturated rings. The molecule has 1 aliphatic carbocycles. The van der Waals surface area contributed by atoms with E-state index in [2.05, 4.69) is 32.3 Å². The lowest BCUT2D eigenvalue weighted by atomic mass is 10.1. The first-order valence-corrected chi connectivity index (χ1v) is 10.3. The molecule has 1 atom stereocenters. The number of rotatable bonds is 3. The standard InChI is InChI=1S/C20H21N5O2S/c1-3-17-22-18(24-23-17)19(26)21-14-11-28-16-9-8-13(7-6-12-4-5-12)10-15(16)25(2)20(14)27/h8-10,12,14H,3-5,11H2,1-2H3,(H,21,26)(H,22,23,24)/t14-/m0/s1. The summed E-state index contributed by atoms with van der Waals surface area (Å²) < 4.78 is 0. The van der Waals surface area contributed by atoms with Crippen molar-refractivity contribution in [2.45, 2.75) is 37.1 Å². The minimum Gasteiger partial charge on any atom is -0.337 e. The Labute approximate surface area is 167 Å². The molecular formula is C20H21N5O2S. The molecule has 0 bridgehead atoms. The molecule has 0 saturated heterocycles. The lowest BCUT2D eigenvalue weighted by molar-refractivity contribution is -0.119. The molecule has 28 heavy (non-hydrogen) atoms. The van der Waals surface area contributed by atoms with E-state index in [1.807, 2.05) is 25.1 Å². The summed E-state index contributed by atoms with van der Waals surface area (Å²) in [5.41, 5.74) is 1.72. The van der Waals surface area contributed by atoms with Crippen LogP contribution in [0.5, 0.6) is 0 Å². The van der Waals surface area contributed by atoms with Gasteiger partial charge in [0.15, 0.2) is 0 Å². The number of hydrogen-bond acceptors (Lipinski definition) is 5. The van der Waals surface area contributed by atoms with Crippen LogP contribution in [-0.4, -0.2) is 45.8 Å². The topological polar surface area (TPSA) is 91.0 Å². The Kier molecular flexibility index (Phi) is 5.09. The van der Waals surface area contributed by atoms with E-state index in [0.717, 1.165) is 16.1 Å². The van der Waals surface area contributed by atoms with Crippen molar-refractivity contribution in [2.24, 2.45) is 5.92 Å². The van der Waals surface area contributed by atoms with Gasteiger partial charge in [-0.25, -0.2) is 4.98 Å². The Morgan fingerprint density at radius 3 is 2.96 bits per heavy atom. The zero-order chi connectivity index (χ0) is 19.7. The van der Waals surface area contributed by atoms with E-state index < -0.39 is 11.9 Å². The summed E-state index contributed by atoms with van der Waals surface area (Å²) in [6, 6.07) is 5.27. The molecule has 2 amide bonds. The Hall–Kier alpha value is -2.79. The molecule has 0 spiro atoms. The van der Waals surface area contributed by atoms with E-state index in [1.165, 1.54) is 12.8 Å². The minimum atomic E-state index is -0.653. The van der Waals surface area contributed by atoms with Crippen molar-refractivity contribution in [1.29, 1.82) is 0 Å². The monoisotopic (exact) mass is 395 g/mol. The fourth-order valence-corrected chi connectivity index (χ4v) is 3.95. The van der Waals surface area contributed by atoms with Crippen molar-refractivity contribution in [3.63, 3.8) is 0 Å². The third kappa shape index (κ3) is 3.90. The smallest absolute Gasteiger partial charge is 0.291 e. The SMILES string of the molecule is CCc1nc(C(=O)N[C@H]2CSc3ccc(C#CC4CC4)cc3N(C)C2=O)n[nH]1. The van der Waals surface area contributed by atoms with Crippen molar-refractivity contribution in [3.8, 4) is 11.8 Å². The van der Waals surface area contributed by atoms with Crippen LogP contribution in [0.2, 0.25) is 0 Å². The number of benzene rings is 1. The van der Waals surface area contributed by atoms with Gasteiger partial charge in [0.2, 0.25) is 11.7 Å². The zero-order valence-corrected chi connectivity index (χ0v) is 16.6. The fourth-order valence-electron chi connectivity index (χ4n) is 2.87. The zero-order valence-electron chi connectivity index (χ0n) is 15.8. The van der Waals surface area contributed by atoms with E-state index in [9.17, 15) is 9.59 Å². The first kappa shape index (κ1) is 18.6. The molecule has 2 heterocycles. The van der Waals surface area contributed by atoms with Crippen LogP contribution in [0.4, 0.5) is 5.69 Å². The van der Waals surface area contributed by atoms with Gasteiger partial charge in [-0.1, -0.05) is 18.8 Å². The van der Waals surface area contributed by atoms with Gasteiger partial charge in [0.25, 0.3) is 5.91 Å². The number of fused-ring (bicyclic) bond motifs is 1. The van der Waals surface area contributed by atoms with Crippen LogP contribution in [0.15, 0.2) is 23.1 Å². The van der Waals surface area contributed by atoms with Crippen LogP contribution in [-0.2, 0) is 11.2 Å². The van der Waals surface area contributed by atoms with Gasteiger partial charge in [0.1, 0.15) is 11.9 Å². The number of amides is 2. The van der Waals surface area contributed by atoms with Crippen LogP contribution < -0.4 is 10.2 Å². The second kappa shape index (κ2) is 7.68. The highest BCUT2D eigenvalue weighted by atomic mass is 32.2. The summed E-state index contributed by atoms with van der Waals surface area (Å²) in [7, 11) is 1.73. The minimum absolute atomic E-state index is 0.0525. The van der Waals surface area contributed by atoms with Gasteiger partial charge in [-0.05, 0) is 31.0 Å². The van der Waals surface area contributed by atoms with Crippen molar-refractivity contribution < 1.29 is 9.59 Å². The van der Waals surface area contributed by atoms with Gasteiger partial charge in [0, 0.05) is 35.6 Å². The van der Waals surface area contributed by atoms with Crippen LogP contribution in [0, 0.1) is 17.8 Å². The molecule has 1 saturated carbocycles. The molecule has 7 nitrogen and oxygen atoms in total. The van der Waals surface area contributed by atoms with E-state index in [0.29, 0.717) is 23.9 Å². The highest BCUT2D eigenvalue weighted by Gasteiger charge is 2.31. The molecule has 1 aliphatic heterocycles. The predicted molar refractivity (Wildman–Crippen MR) is 107 cm³/mol. The van der Waals surface area contributed by atoms with Crippen molar-refractivity contribution in [2.75, 3.05) is 17.7 Å². The molecule has 0 unspecified atom stereocenters. The number of anilines is 1. The Morgan fingerprint density at radius 1 is 1.43 bits per heavy atom. The molecule has 8 heteroatoms. The molecule has 0 radical (unpaired) electrons. The van der Waals surface area contributed by atoms with Crippen molar-refractivity contribution >= 4 is 29.3 Å². The predicted octanol–water partition coefficient (Wildman–Crippen LogP) is 2.00. The summed E-state index contributed by atoms with van der Waals surface area (Å²) in [6.07, 6.45) is 3.01. The van der Waals surface area contributed by atoms with Gasteiger partial charge in [-0.2, -0.15) is 0 Å². The Bertz CT molecular complexity index is 986. The quantitative estimate of drug-likeness (QED) is 0.776. The van der Waals surface area contributed by atoms with Gasteiger partial charge in [-0.3, -0.25) is 14.7 Å². The summed E-state index contributed by atoms with van der Waals surface area (Å²) in [5, 5.41) is 9.40. The third-order valence-corrected chi connectivity index (χ3v) is 5.88. The van der Waals surface area contributed by atoms with Crippen LogP contribution in [0.1, 0.15) is 41.8 Å². The van der Waals surface area contributed by atoms with Gasteiger partial charge >= 0.3 is 0 Å². The number of hydrogen-bond donors (Lipinski definition) is 2. The van der Waals surface area contributed by atoms with Crippen molar-refractivity contribution in [3.05, 3.63) is 35.4 Å². The number of nitrogens with zero attached hydrogens (tertiary/aromatic N) is 3. The van der Waals surface area contributed by atoms with E-state index >= 15 is 0 Å². The number of aryl methyl sites for hydroxylation is 1. The number of thioether (sulfide) groups is 1. The van der Waals surface area contributed by atoms with E-state index in [4.69, 9.17) is 0 Å². The number of nitrogens with one attached hydrogen (secondary N) is 2. The lowest BCUT2D eigenvalue weighted by Gasteiger charge is -2.21. The van der Waals surface area contributed by atoms with Crippen molar-refractivity contribution in [1.82, 2.24) is 20.5 Å². The Balaban J connectivity index is 1.51. The largest absolute Gasteiger partial charge is 0.337 e. The van der Waals surface area contributed by atoms with E-state index in [1.54, 1.807) is 23.7 Å². The number of likely N-dealkylation sites (N-methyl/N-ethyl adjacent to an activating group) is 1. The summed E-state index contributed by atoms with van der Waals surface area (Å²) in [5.74, 6) is 7.48. The molecule has 2 aromatic rings. The second-order valence-corrected chi connectivity index (χ2v) is 7.98. The average molecular weight is 395 g/mol. The average Bonchev–Trinajstić information content (AvgIpc) is 3.43. The molecule has 1 aromatic carbocycles. The van der Waals surface area contributed by atoms with Gasteiger partial charge in [-0.15, -0.1) is 16.9 Å². The molecule has 144 valence electrons. The van der Waals surface area contributed by atoms with Crippen LogP contribution >= 0.6 is 11.8 Å². The maximum absolute atomic E-state index is 12.9. The number of H-pyrrole nitrogens is 1. The van der Waals surface area contributed by atoms with Gasteiger partial charge < -0.3 is 10.2 Å². The summed E-state index contributed by atoms with van der Waals surface area (Å²) in [6.45, 7) is 1.92. The highest BCUT2D eigenvalue weighted by Crippen LogP contribution is 2.34. The second-order valence-electron chi connectivity index (χ2n) is 6.92. The summed E-state index contributed by atoms with van der Waals surface area (Å²) >= 11 is 1.54.